The van der Waals surface area contributed by atoms with Gasteiger partial charge in [0, 0.05) is 68.9 Å². The minimum Gasteiger partial charge on any atom is -0.310 e. The number of anilines is 9. The second-order valence-corrected chi connectivity index (χ2v) is 15.3. The van der Waals surface area contributed by atoms with Gasteiger partial charge in [-0.25, -0.2) is 0 Å². The molecule has 0 atom stereocenters. The van der Waals surface area contributed by atoms with Crippen LogP contribution in [0.1, 0.15) is 0 Å². The molecule has 0 unspecified atom stereocenters. The summed E-state index contributed by atoms with van der Waals surface area (Å²) in [4.78, 5) is 21.2. The van der Waals surface area contributed by atoms with Crippen molar-refractivity contribution in [3.63, 3.8) is 0 Å². The van der Waals surface area contributed by atoms with Crippen LogP contribution < -0.4 is 14.7 Å². The molecule has 0 radical (unpaired) electrons. The Hall–Kier alpha value is -8.61. The Labute approximate surface area is 366 Å². The molecule has 0 amide bonds. The van der Waals surface area contributed by atoms with Crippen LogP contribution in [0.15, 0.2) is 243 Å². The summed E-state index contributed by atoms with van der Waals surface area (Å²) in [6.07, 6.45) is 5.70. The number of hydrogen-bond acceptors (Lipinski definition) is 6. The van der Waals surface area contributed by atoms with Crippen LogP contribution in [0.5, 0.6) is 0 Å². The molecule has 0 aliphatic rings. The molecule has 63 heavy (non-hydrogen) atoms. The zero-order valence-electron chi connectivity index (χ0n) is 34.3. The third kappa shape index (κ3) is 7.15. The molecular formula is C57H40N6. The Morgan fingerprint density at radius 1 is 0.238 bits per heavy atom. The molecule has 0 saturated heterocycles. The summed E-state index contributed by atoms with van der Waals surface area (Å²) in [7, 11) is 0. The molecule has 0 bridgehead atoms. The van der Waals surface area contributed by atoms with Gasteiger partial charge in [0.1, 0.15) is 0 Å². The van der Waals surface area contributed by atoms with E-state index in [-0.39, 0.29) is 0 Å². The molecule has 11 aromatic rings. The van der Waals surface area contributed by atoms with E-state index < -0.39 is 0 Å². The van der Waals surface area contributed by atoms with Crippen molar-refractivity contribution in [1.29, 1.82) is 0 Å². The zero-order valence-corrected chi connectivity index (χ0v) is 34.3. The van der Waals surface area contributed by atoms with E-state index in [0.717, 1.165) is 95.0 Å². The van der Waals surface area contributed by atoms with Crippen molar-refractivity contribution in [3.8, 4) is 11.1 Å². The summed E-state index contributed by atoms with van der Waals surface area (Å²) >= 11 is 0. The first-order valence-corrected chi connectivity index (χ1v) is 21.1. The molecule has 3 aromatic heterocycles. The second-order valence-electron chi connectivity index (χ2n) is 15.3. The highest BCUT2D eigenvalue weighted by atomic mass is 15.2. The van der Waals surface area contributed by atoms with Gasteiger partial charge in [0.05, 0.1) is 33.6 Å². The molecule has 298 valence electrons. The van der Waals surface area contributed by atoms with Gasteiger partial charge in [0.2, 0.25) is 0 Å². The van der Waals surface area contributed by atoms with Crippen LogP contribution in [0.25, 0.3) is 43.8 Å². The largest absolute Gasteiger partial charge is 0.310 e. The minimum atomic E-state index is 0.932. The van der Waals surface area contributed by atoms with Gasteiger partial charge >= 0.3 is 0 Å². The lowest BCUT2D eigenvalue weighted by atomic mass is 10.0. The number of aromatic nitrogens is 3. The van der Waals surface area contributed by atoms with Gasteiger partial charge in [-0.05, 0) is 114 Å². The van der Waals surface area contributed by atoms with E-state index in [2.05, 4.69) is 226 Å². The predicted octanol–water partition coefficient (Wildman–Crippen LogP) is 15.4. The van der Waals surface area contributed by atoms with Crippen LogP contribution in [0, 0.1) is 0 Å². The van der Waals surface area contributed by atoms with E-state index in [1.807, 2.05) is 36.8 Å². The van der Waals surface area contributed by atoms with Crippen LogP contribution in [-0.4, -0.2) is 15.0 Å². The van der Waals surface area contributed by atoms with Gasteiger partial charge in [0.25, 0.3) is 0 Å². The van der Waals surface area contributed by atoms with Crippen molar-refractivity contribution in [2.45, 2.75) is 0 Å². The molecule has 0 fully saturated rings. The highest BCUT2D eigenvalue weighted by molar-refractivity contribution is 6.01. The molecule has 0 aliphatic heterocycles. The normalized spacial score (nSPS) is 11.2. The number of benzene rings is 8. The van der Waals surface area contributed by atoms with Crippen molar-refractivity contribution >= 4 is 83.9 Å². The molecule has 0 spiro atoms. The lowest BCUT2D eigenvalue weighted by Gasteiger charge is -2.31. The Balaban J connectivity index is 1.14. The van der Waals surface area contributed by atoms with Gasteiger partial charge in [-0.3, -0.25) is 15.0 Å². The van der Waals surface area contributed by atoms with Crippen LogP contribution in [0.4, 0.5) is 51.2 Å². The van der Waals surface area contributed by atoms with Crippen molar-refractivity contribution in [3.05, 3.63) is 243 Å². The van der Waals surface area contributed by atoms with Crippen molar-refractivity contribution in [2.75, 3.05) is 14.7 Å². The first-order valence-electron chi connectivity index (χ1n) is 21.1. The Morgan fingerprint density at radius 2 is 0.556 bits per heavy atom. The van der Waals surface area contributed by atoms with E-state index in [0.29, 0.717) is 0 Å². The molecule has 0 N–H and O–H groups in total. The number of para-hydroxylation sites is 6. The topological polar surface area (TPSA) is 48.4 Å². The van der Waals surface area contributed by atoms with Gasteiger partial charge in [-0.1, -0.05) is 121 Å². The molecular weight excluding hydrogens is 769 g/mol. The second kappa shape index (κ2) is 16.4. The van der Waals surface area contributed by atoms with E-state index in [1.165, 1.54) is 0 Å². The van der Waals surface area contributed by atoms with E-state index in [1.54, 1.807) is 0 Å². The highest BCUT2D eigenvalue weighted by Crippen LogP contribution is 2.46. The lowest BCUT2D eigenvalue weighted by molar-refractivity contribution is 1.25. The predicted molar refractivity (Wildman–Crippen MR) is 262 cm³/mol. The van der Waals surface area contributed by atoms with E-state index in [4.69, 9.17) is 9.97 Å². The minimum absolute atomic E-state index is 0.932. The van der Waals surface area contributed by atoms with Crippen LogP contribution in [0.2, 0.25) is 0 Å². The van der Waals surface area contributed by atoms with Crippen LogP contribution in [0.3, 0.4) is 0 Å². The first kappa shape index (κ1) is 37.4. The monoisotopic (exact) mass is 808 g/mol. The highest BCUT2D eigenvalue weighted by Gasteiger charge is 2.22. The Kier molecular flexibility index (Phi) is 9.76. The Bertz CT molecular complexity index is 3200. The fourth-order valence-corrected chi connectivity index (χ4v) is 8.66. The number of rotatable bonds is 10. The van der Waals surface area contributed by atoms with Crippen LogP contribution >= 0.6 is 0 Å². The maximum absolute atomic E-state index is 4.77. The van der Waals surface area contributed by atoms with E-state index in [9.17, 15) is 0 Å². The smallest absolute Gasteiger partial charge is 0.0723 e. The maximum Gasteiger partial charge on any atom is 0.0723 e. The summed E-state index contributed by atoms with van der Waals surface area (Å²) in [5.74, 6) is 0. The summed E-state index contributed by atoms with van der Waals surface area (Å²) in [6, 6.07) is 78.9. The Morgan fingerprint density at radius 3 is 0.937 bits per heavy atom. The first-order chi connectivity index (χ1) is 31.3. The molecule has 3 heterocycles. The van der Waals surface area contributed by atoms with Gasteiger partial charge in [-0.2, -0.15) is 0 Å². The lowest BCUT2D eigenvalue weighted by Crippen LogP contribution is -2.14. The van der Waals surface area contributed by atoms with Gasteiger partial charge in [0.15, 0.2) is 0 Å². The fourth-order valence-electron chi connectivity index (χ4n) is 8.66. The fraction of sp³-hybridized carbons (Fsp3) is 0. The average Bonchev–Trinajstić information content (AvgIpc) is 3.36. The van der Waals surface area contributed by atoms with E-state index >= 15 is 0 Å². The molecule has 0 saturated carbocycles. The van der Waals surface area contributed by atoms with Gasteiger partial charge in [-0.15, -0.1) is 0 Å². The summed E-state index contributed by atoms with van der Waals surface area (Å²) in [6.45, 7) is 0. The summed E-state index contributed by atoms with van der Waals surface area (Å²) < 4.78 is 0. The van der Waals surface area contributed by atoms with Crippen molar-refractivity contribution < 1.29 is 0 Å². The number of pyridine rings is 3. The number of nitrogens with zero attached hydrogens (tertiary/aromatic N) is 6. The molecule has 8 aromatic carbocycles. The molecule has 11 rings (SSSR count). The quantitative estimate of drug-likeness (QED) is 0.137. The maximum atomic E-state index is 4.77. The summed E-state index contributed by atoms with van der Waals surface area (Å²) in [5.41, 5.74) is 14.3. The third-order valence-electron chi connectivity index (χ3n) is 11.5. The van der Waals surface area contributed by atoms with Crippen LogP contribution in [-0.2, 0) is 0 Å². The van der Waals surface area contributed by atoms with Gasteiger partial charge < -0.3 is 14.7 Å². The number of hydrogen-bond donors (Lipinski definition) is 0. The van der Waals surface area contributed by atoms with Crippen molar-refractivity contribution in [2.24, 2.45) is 0 Å². The standard InChI is InChI=1S/C57H40N6/c1-4-16-43(17-5-1)61(55-32-35-58-52-25-13-10-22-49(52)55)46-30-28-41(29-31-46)42-38-47(62(44-18-6-2-7-19-44)56-33-36-59-53-26-14-11-23-50(53)56)40-48(39-42)63(45-20-8-3-9-21-45)57-34-37-60-54-27-15-12-24-51(54)57/h1-40H. The number of fused-ring (bicyclic) bond motifs is 3. The summed E-state index contributed by atoms with van der Waals surface area (Å²) in [5, 5.41) is 3.20. The molecule has 6 nitrogen and oxygen atoms in total. The SMILES string of the molecule is c1ccc(N(c2ccc(-c3cc(N(c4ccccc4)c4ccnc5ccccc45)cc(N(c4ccccc4)c4ccnc5ccccc45)c3)cc2)c2ccnc3ccccc23)cc1. The molecule has 6 heteroatoms. The van der Waals surface area contributed by atoms with Crippen molar-refractivity contribution in [1.82, 2.24) is 15.0 Å². The third-order valence-corrected chi connectivity index (χ3v) is 11.5. The average molecular weight is 809 g/mol. The zero-order chi connectivity index (χ0) is 42.0. The molecule has 0 aliphatic carbocycles.